The number of hydrogen-bond acceptors (Lipinski definition) is 3. The van der Waals surface area contributed by atoms with Crippen LogP contribution in [0.2, 0.25) is 0 Å². The van der Waals surface area contributed by atoms with Crippen molar-refractivity contribution in [2.24, 2.45) is 5.92 Å². The molecule has 0 aromatic carbocycles. The Morgan fingerprint density at radius 3 is 2.80 bits per heavy atom. The lowest BCUT2D eigenvalue weighted by Crippen LogP contribution is -2.12. The van der Waals surface area contributed by atoms with Crippen LogP contribution in [0, 0.1) is 5.92 Å². The average molecular weight is 201 g/mol. The van der Waals surface area contributed by atoms with Gasteiger partial charge in [0.25, 0.3) is 0 Å². The van der Waals surface area contributed by atoms with Gasteiger partial charge in [0, 0.05) is 6.20 Å². The summed E-state index contributed by atoms with van der Waals surface area (Å²) in [4.78, 5) is 15.5. The van der Waals surface area contributed by atoms with Crippen LogP contribution in [0.4, 0.5) is 0 Å². The van der Waals surface area contributed by atoms with Gasteiger partial charge in [-0.1, -0.05) is 30.4 Å². The molecule has 0 N–H and O–H groups in total. The topological polar surface area (TPSA) is 39.2 Å². The second-order valence-electron chi connectivity index (χ2n) is 3.22. The number of rotatable bonds is 3. The molecule has 0 bridgehead atoms. The Labute approximate surface area is 88.1 Å². The molecule has 0 amide bonds. The summed E-state index contributed by atoms with van der Waals surface area (Å²) in [5, 5.41) is 0. The summed E-state index contributed by atoms with van der Waals surface area (Å²) in [6, 6.07) is 5.52. The molecule has 1 aromatic heterocycles. The normalized spacial score (nSPS) is 14.4. The fourth-order valence-electron chi connectivity index (χ4n) is 1.31. The Hall–Kier alpha value is -1.90. The molecule has 2 rings (SSSR count). The molecule has 3 nitrogen and oxygen atoms in total. The van der Waals surface area contributed by atoms with E-state index < -0.39 is 0 Å². The van der Waals surface area contributed by atoms with Gasteiger partial charge in [-0.15, -0.1) is 0 Å². The summed E-state index contributed by atoms with van der Waals surface area (Å²) in [5.41, 5.74) is 0.761. The van der Waals surface area contributed by atoms with Gasteiger partial charge in [0.1, 0.15) is 6.61 Å². The minimum absolute atomic E-state index is 0.228. The van der Waals surface area contributed by atoms with Crippen LogP contribution in [0.1, 0.15) is 5.69 Å². The van der Waals surface area contributed by atoms with Crippen LogP contribution in [-0.2, 0) is 16.1 Å². The number of ether oxygens (including phenoxy) is 1. The van der Waals surface area contributed by atoms with Crippen LogP contribution >= 0.6 is 0 Å². The van der Waals surface area contributed by atoms with Crippen molar-refractivity contribution in [3.63, 3.8) is 0 Å². The fourth-order valence-corrected chi connectivity index (χ4v) is 1.31. The van der Waals surface area contributed by atoms with E-state index in [2.05, 4.69) is 4.98 Å². The van der Waals surface area contributed by atoms with Gasteiger partial charge in [0.15, 0.2) is 0 Å². The molecule has 0 saturated heterocycles. The maximum Gasteiger partial charge on any atom is 0.317 e. The molecular weight excluding hydrogens is 190 g/mol. The van der Waals surface area contributed by atoms with Gasteiger partial charge in [-0.3, -0.25) is 9.78 Å². The molecule has 0 atom stereocenters. The maximum absolute atomic E-state index is 11.5. The molecule has 0 radical (unpaired) electrons. The summed E-state index contributed by atoms with van der Waals surface area (Å²) in [5.74, 6) is -0.459. The first-order valence-electron chi connectivity index (χ1n) is 4.78. The van der Waals surface area contributed by atoms with Crippen LogP contribution in [0.3, 0.4) is 0 Å². The number of nitrogens with zero attached hydrogens (tertiary/aromatic N) is 1. The second-order valence-corrected chi connectivity index (χ2v) is 3.22. The Balaban J connectivity index is 1.86. The number of esters is 1. The molecular formula is C12H11NO2. The van der Waals surface area contributed by atoms with Gasteiger partial charge >= 0.3 is 5.97 Å². The largest absolute Gasteiger partial charge is 0.458 e. The van der Waals surface area contributed by atoms with Crippen molar-refractivity contribution in [3.05, 3.63) is 54.4 Å². The summed E-state index contributed by atoms with van der Waals surface area (Å²) in [7, 11) is 0. The molecule has 0 unspecified atom stereocenters. The zero-order valence-electron chi connectivity index (χ0n) is 8.17. The second kappa shape index (κ2) is 4.55. The van der Waals surface area contributed by atoms with Crippen LogP contribution < -0.4 is 0 Å². The van der Waals surface area contributed by atoms with Crippen molar-refractivity contribution < 1.29 is 9.53 Å². The molecule has 0 aliphatic heterocycles. The van der Waals surface area contributed by atoms with E-state index in [1.165, 1.54) is 0 Å². The quantitative estimate of drug-likeness (QED) is 0.701. The predicted octanol–water partition coefficient (Wildman–Crippen LogP) is 1.87. The average Bonchev–Trinajstić information content (AvgIpc) is 2.81. The highest BCUT2D eigenvalue weighted by molar-refractivity contribution is 5.77. The van der Waals surface area contributed by atoms with Crippen LogP contribution in [-0.4, -0.2) is 11.0 Å². The summed E-state index contributed by atoms with van der Waals surface area (Å²) < 4.78 is 5.11. The van der Waals surface area contributed by atoms with Gasteiger partial charge in [0.05, 0.1) is 11.6 Å². The van der Waals surface area contributed by atoms with E-state index >= 15 is 0 Å². The molecule has 1 aliphatic rings. The minimum atomic E-state index is -0.231. The van der Waals surface area contributed by atoms with Gasteiger partial charge in [-0.05, 0) is 12.1 Å². The van der Waals surface area contributed by atoms with Crippen molar-refractivity contribution in [2.45, 2.75) is 6.61 Å². The first-order chi connectivity index (χ1) is 7.36. The summed E-state index contributed by atoms with van der Waals surface area (Å²) >= 11 is 0. The van der Waals surface area contributed by atoms with Crippen molar-refractivity contribution in [3.8, 4) is 0 Å². The zero-order chi connectivity index (χ0) is 10.5. The molecule has 1 heterocycles. The van der Waals surface area contributed by atoms with Crippen LogP contribution in [0.5, 0.6) is 0 Å². The van der Waals surface area contributed by atoms with Crippen molar-refractivity contribution >= 4 is 5.97 Å². The van der Waals surface area contributed by atoms with E-state index in [1.54, 1.807) is 18.3 Å². The van der Waals surface area contributed by atoms with Gasteiger partial charge in [-0.25, -0.2) is 0 Å². The first-order valence-corrected chi connectivity index (χ1v) is 4.78. The predicted molar refractivity (Wildman–Crippen MR) is 55.8 cm³/mol. The highest BCUT2D eigenvalue weighted by Crippen LogP contribution is 2.11. The number of allylic oxidation sites excluding steroid dienone is 2. The van der Waals surface area contributed by atoms with Crippen LogP contribution in [0.25, 0.3) is 0 Å². The molecule has 1 aliphatic carbocycles. The molecule has 0 fully saturated rings. The zero-order valence-corrected chi connectivity index (χ0v) is 8.17. The molecule has 1 aromatic rings. The van der Waals surface area contributed by atoms with Gasteiger partial charge in [0.2, 0.25) is 0 Å². The van der Waals surface area contributed by atoms with E-state index in [1.807, 2.05) is 30.4 Å². The third kappa shape index (κ3) is 2.53. The van der Waals surface area contributed by atoms with Crippen molar-refractivity contribution in [1.82, 2.24) is 4.98 Å². The van der Waals surface area contributed by atoms with Crippen LogP contribution in [0.15, 0.2) is 48.7 Å². The van der Waals surface area contributed by atoms with E-state index in [4.69, 9.17) is 4.74 Å². The lowest BCUT2D eigenvalue weighted by molar-refractivity contribution is -0.146. The molecule has 0 saturated carbocycles. The number of carbonyl (C=O) groups is 1. The Morgan fingerprint density at radius 2 is 2.13 bits per heavy atom. The smallest absolute Gasteiger partial charge is 0.317 e. The van der Waals surface area contributed by atoms with E-state index in [-0.39, 0.29) is 18.5 Å². The van der Waals surface area contributed by atoms with Gasteiger partial charge in [-0.2, -0.15) is 0 Å². The Bertz CT molecular complexity index is 383. The summed E-state index contributed by atoms with van der Waals surface area (Å²) in [6.45, 7) is 0.234. The minimum Gasteiger partial charge on any atom is -0.458 e. The molecule has 76 valence electrons. The molecule has 0 spiro atoms. The van der Waals surface area contributed by atoms with Crippen molar-refractivity contribution in [1.29, 1.82) is 0 Å². The summed E-state index contributed by atoms with van der Waals surface area (Å²) in [6.07, 6.45) is 8.97. The van der Waals surface area contributed by atoms with E-state index in [9.17, 15) is 4.79 Å². The number of hydrogen-bond donors (Lipinski definition) is 0. The lowest BCUT2D eigenvalue weighted by atomic mass is 10.2. The third-order valence-electron chi connectivity index (χ3n) is 2.11. The molecule has 3 heteroatoms. The number of pyridine rings is 1. The maximum atomic E-state index is 11.5. The highest BCUT2D eigenvalue weighted by Gasteiger charge is 2.15. The van der Waals surface area contributed by atoms with Crippen molar-refractivity contribution in [2.75, 3.05) is 0 Å². The van der Waals surface area contributed by atoms with E-state index in [0.29, 0.717) is 0 Å². The molecule has 15 heavy (non-hydrogen) atoms. The Kier molecular flexibility index (Phi) is 2.93. The number of aromatic nitrogens is 1. The first kappa shape index (κ1) is 9.65. The third-order valence-corrected chi connectivity index (χ3v) is 2.11. The standard InChI is InChI=1S/C12H11NO2/c14-12(10-5-1-2-6-10)15-9-11-7-3-4-8-13-11/h1-8,10H,9H2. The number of carbonyl (C=O) groups excluding carboxylic acids is 1. The van der Waals surface area contributed by atoms with Gasteiger partial charge < -0.3 is 4.74 Å². The SMILES string of the molecule is O=C(OCc1ccccn1)C1C=CC=C1. The highest BCUT2D eigenvalue weighted by atomic mass is 16.5. The Morgan fingerprint density at radius 1 is 1.33 bits per heavy atom. The van der Waals surface area contributed by atoms with E-state index in [0.717, 1.165) is 5.69 Å². The monoisotopic (exact) mass is 201 g/mol. The lowest BCUT2D eigenvalue weighted by Gasteiger charge is -2.06. The fraction of sp³-hybridized carbons (Fsp3) is 0.167.